The SMILES string of the molecule is CC(C)(C)OC(=O)N1CCC[C@H]1CNc1cc(NC2CC2)ncn1. The molecule has 1 aliphatic heterocycles. The second-order valence-electron chi connectivity index (χ2n) is 7.56. The Morgan fingerprint density at radius 3 is 2.75 bits per heavy atom. The predicted molar refractivity (Wildman–Crippen MR) is 93.1 cm³/mol. The minimum Gasteiger partial charge on any atom is -0.444 e. The Kier molecular flexibility index (Phi) is 4.78. The Morgan fingerprint density at radius 1 is 1.29 bits per heavy atom. The van der Waals surface area contributed by atoms with E-state index < -0.39 is 5.60 Å². The monoisotopic (exact) mass is 333 g/mol. The van der Waals surface area contributed by atoms with Gasteiger partial charge in [-0.3, -0.25) is 0 Å². The summed E-state index contributed by atoms with van der Waals surface area (Å²) >= 11 is 0. The summed E-state index contributed by atoms with van der Waals surface area (Å²) in [6.45, 7) is 7.09. The van der Waals surface area contributed by atoms with Crippen LogP contribution in [0, 0.1) is 0 Å². The zero-order chi connectivity index (χ0) is 17.2. The van der Waals surface area contributed by atoms with E-state index in [0.29, 0.717) is 12.6 Å². The van der Waals surface area contributed by atoms with Crippen LogP contribution in [-0.2, 0) is 4.74 Å². The van der Waals surface area contributed by atoms with Gasteiger partial charge in [-0.05, 0) is 46.5 Å². The molecule has 132 valence electrons. The van der Waals surface area contributed by atoms with Gasteiger partial charge in [0.05, 0.1) is 6.04 Å². The van der Waals surface area contributed by atoms with Gasteiger partial charge in [-0.15, -0.1) is 0 Å². The third kappa shape index (κ3) is 4.72. The normalized spacial score (nSPS) is 20.8. The summed E-state index contributed by atoms with van der Waals surface area (Å²) in [4.78, 5) is 22.6. The Bertz CT molecular complexity index is 583. The number of aromatic nitrogens is 2. The lowest BCUT2D eigenvalue weighted by molar-refractivity contribution is 0.0235. The molecule has 3 rings (SSSR count). The zero-order valence-electron chi connectivity index (χ0n) is 14.7. The van der Waals surface area contributed by atoms with Crippen molar-refractivity contribution in [2.75, 3.05) is 23.7 Å². The standard InChI is InChI=1S/C17H27N5O2/c1-17(2,3)24-16(23)22-8-4-5-13(22)10-18-14-9-15(20-11-19-14)21-12-6-7-12/h9,11-13H,4-8,10H2,1-3H3,(H2,18,19,20,21)/t13-/m0/s1. The van der Waals surface area contributed by atoms with Crippen LogP contribution in [-0.4, -0.2) is 51.7 Å². The van der Waals surface area contributed by atoms with Gasteiger partial charge in [-0.1, -0.05) is 0 Å². The fourth-order valence-electron chi connectivity index (χ4n) is 2.80. The van der Waals surface area contributed by atoms with Gasteiger partial charge in [0.15, 0.2) is 0 Å². The number of nitrogens with one attached hydrogen (secondary N) is 2. The summed E-state index contributed by atoms with van der Waals surface area (Å²) < 4.78 is 5.50. The summed E-state index contributed by atoms with van der Waals surface area (Å²) in [5.41, 5.74) is -0.465. The summed E-state index contributed by atoms with van der Waals surface area (Å²) in [6, 6.07) is 2.62. The molecule has 0 radical (unpaired) electrons. The highest BCUT2D eigenvalue weighted by atomic mass is 16.6. The Hall–Kier alpha value is -2.05. The lowest BCUT2D eigenvalue weighted by atomic mass is 10.2. The van der Waals surface area contributed by atoms with Crippen LogP contribution in [0.5, 0.6) is 0 Å². The van der Waals surface area contributed by atoms with E-state index in [4.69, 9.17) is 4.74 Å². The van der Waals surface area contributed by atoms with Crippen molar-refractivity contribution in [2.45, 2.75) is 64.1 Å². The predicted octanol–water partition coefficient (Wildman–Crippen LogP) is 2.86. The minimum absolute atomic E-state index is 0.134. The van der Waals surface area contributed by atoms with Crippen LogP contribution in [0.4, 0.5) is 16.4 Å². The first-order chi connectivity index (χ1) is 11.4. The second-order valence-corrected chi connectivity index (χ2v) is 7.56. The average Bonchev–Trinajstić information content (AvgIpc) is 3.18. The molecule has 2 aliphatic rings. The van der Waals surface area contributed by atoms with Gasteiger partial charge >= 0.3 is 6.09 Å². The molecule has 2 fully saturated rings. The minimum atomic E-state index is -0.465. The molecular formula is C17H27N5O2. The summed E-state index contributed by atoms with van der Waals surface area (Å²) in [5.74, 6) is 1.63. The van der Waals surface area contributed by atoms with Gasteiger partial charge < -0.3 is 20.3 Å². The number of likely N-dealkylation sites (tertiary alicyclic amines) is 1. The van der Waals surface area contributed by atoms with Crippen molar-refractivity contribution in [2.24, 2.45) is 0 Å². The lowest BCUT2D eigenvalue weighted by Gasteiger charge is -2.28. The molecule has 1 aromatic rings. The summed E-state index contributed by atoms with van der Waals surface area (Å²) in [5, 5.41) is 6.69. The van der Waals surface area contributed by atoms with Crippen molar-refractivity contribution in [3.8, 4) is 0 Å². The van der Waals surface area contributed by atoms with Gasteiger partial charge in [-0.2, -0.15) is 0 Å². The van der Waals surface area contributed by atoms with E-state index in [1.54, 1.807) is 6.33 Å². The number of nitrogens with zero attached hydrogens (tertiary/aromatic N) is 3. The molecule has 1 amide bonds. The van der Waals surface area contributed by atoms with Crippen molar-refractivity contribution < 1.29 is 9.53 Å². The molecule has 1 aliphatic carbocycles. The Morgan fingerprint density at radius 2 is 2.04 bits per heavy atom. The second kappa shape index (κ2) is 6.83. The molecule has 0 unspecified atom stereocenters. The van der Waals surface area contributed by atoms with Crippen LogP contribution in [0.25, 0.3) is 0 Å². The van der Waals surface area contributed by atoms with Gasteiger partial charge in [-0.25, -0.2) is 14.8 Å². The Balaban J connectivity index is 1.54. The van der Waals surface area contributed by atoms with Crippen molar-refractivity contribution in [3.63, 3.8) is 0 Å². The fraction of sp³-hybridized carbons (Fsp3) is 0.706. The molecule has 7 nitrogen and oxygen atoms in total. The van der Waals surface area contributed by atoms with E-state index in [9.17, 15) is 4.79 Å². The molecule has 1 aromatic heterocycles. The lowest BCUT2D eigenvalue weighted by Crippen LogP contribution is -2.42. The van der Waals surface area contributed by atoms with Crippen LogP contribution in [0.15, 0.2) is 12.4 Å². The fourth-order valence-corrected chi connectivity index (χ4v) is 2.80. The molecule has 1 saturated heterocycles. The molecule has 2 heterocycles. The molecule has 2 N–H and O–H groups in total. The van der Waals surface area contributed by atoms with Crippen LogP contribution in [0.3, 0.4) is 0 Å². The number of rotatable bonds is 5. The maximum absolute atomic E-state index is 12.3. The maximum atomic E-state index is 12.3. The Labute approximate surface area is 143 Å². The number of hydrogen-bond donors (Lipinski definition) is 2. The van der Waals surface area contributed by atoms with Crippen molar-refractivity contribution in [1.82, 2.24) is 14.9 Å². The first kappa shape index (κ1) is 16.8. The first-order valence-electron chi connectivity index (χ1n) is 8.73. The number of anilines is 2. The van der Waals surface area contributed by atoms with Gasteiger partial charge in [0, 0.05) is 25.2 Å². The van der Waals surface area contributed by atoms with Crippen LogP contribution >= 0.6 is 0 Å². The number of ether oxygens (including phenoxy) is 1. The van der Waals surface area contributed by atoms with Gasteiger partial charge in [0.2, 0.25) is 0 Å². The molecule has 24 heavy (non-hydrogen) atoms. The summed E-state index contributed by atoms with van der Waals surface area (Å²) in [6.07, 6.45) is 5.73. The summed E-state index contributed by atoms with van der Waals surface area (Å²) in [7, 11) is 0. The van der Waals surface area contributed by atoms with E-state index in [2.05, 4.69) is 20.6 Å². The van der Waals surface area contributed by atoms with E-state index in [1.165, 1.54) is 12.8 Å². The highest BCUT2D eigenvalue weighted by Gasteiger charge is 2.32. The smallest absolute Gasteiger partial charge is 0.410 e. The van der Waals surface area contributed by atoms with Crippen molar-refractivity contribution >= 4 is 17.7 Å². The quantitative estimate of drug-likeness (QED) is 0.862. The highest BCUT2D eigenvalue weighted by molar-refractivity contribution is 5.69. The third-order valence-electron chi connectivity index (χ3n) is 4.12. The topological polar surface area (TPSA) is 79.4 Å². The number of carbonyl (C=O) groups is 1. The van der Waals surface area contributed by atoms with Crippen molar-refractivity contribution in [1.29, 1.82) is 0 Å². The molecule has 0 bridgehead atoms. The van der Waals surface area contributed by atoms with Crippen molar-refractivity contribution in [3.05, 3.63) is 12.4 Å². The molecule has 1 saturated carbocycles. The molecule has 1 atom stereocenters. The first-order valence-corrected chi connectivity index (χ1v) is 8.73. The van der Waals surface area contributed by atoms with Crippen LogP contribution in [0.2, 0.25) is 0 Å². The molecule has 7 heteroatoms. The van der Waals surface area contributed by atoms with E-state index in [1.807, 2.05) is 31.7 Å². The highest BCUT2D eigenvalue weighted by Crippen LogP contribution is 2.25. The number of hydrogen-bond acceptors (Lipinski definition) is 6. The largest absolute Gasteiger partial charge is 0.444 e. The van der Waals surface area contributed by atoms with Crippen LogP contribution < -0.4 is 10.6 Å². The van der Waals surface area contributed by atoms with E-state index in [-0.39, 0.29) is 12.1 Å². The van der Waals surface area contributed by atoms with Gasteiger partial charge in [0.1, 0.15) is 23.6 Å². The zero-order valence-corrected chi connectivity index (χ0v) is 14.7. The van der Waals surface area contributed by atoms with E-state index >= 15 is 0 Å². The maximum Gasteiger partial charge on any atom is 0.410 e. The molecule has 0 spiro atoms. The van der Waals surface area contributed by atoms with Crippen LogP contribution in [0.1, 0.15) is 46.5 Å². The third-order valence-corrected chi connectivity index (χ3v) is 4.12. The number of amides is 1. The number of carbonyl (C=O) groups excluding carboxylic acids is 1. The molecular weight excluding hydrogens is 306 g/mol. The average molecular weight is 333 g/mol. The van der Waals surface area contributed by atoms with Gasteiger partial charge in [0.25, 0.3) is 0 Å². The van der Waals surface area contributed by atoms with E-state index in [0.717, 1.165) is 31.0 Å². The molecule has 0 aromatic carbocycles.